The van der Waals surface area contributed by atoms with Crippen LogP contribution >= 0.6 is 0 Å². The van der Waals surface area contributed by atoms with E-state index in [1.165, 1.54) is 12.1 Å². The molecule has 2 N–H and O–H groups in total. The number of anilines is 1. The van der Waals surface area contributed by atoms with E-state index in [0.29, 0.717) is 19.5 Å². The van der Waals surface area contributed by atoms with Crippen LogP contribution in [0.25, 0.3) is 0 Å². The molecule has 7 nitrogen and oxygen atoms in total. The quantitative estimate of drug-likeness (QED) is 0.829. The Balaban J connectivity index is 1.96. The van der Waals surface area contributed by atoms with Crippen molar-refractivity contribution < 1.29 is 23.8 Å². The molecule has 1 fully saturated rings. The van der Waals surface area contributed by atoms with E-state index in [-0.39, 0.29) is 17.4 Å². The number of ether oxygens (including phenoxy) is 1. The van der Waals surface area contributed by atoms with Gasteiger partial charge in [-0.3, -0.25) is 0 Å². The van der Waals surface area contributed by atoms with Gasteiger partial charge in [-0.1, -0.05) is 0 Å². The molecule has 8 heteroatoms. The number of aromatic carboxylic acids is 1. The second-order valence-corrected chi connectivity index (χ2v) is 6.40. The van der Waals surface area contributed by atoms with Crippen molar-refractivity contribution in [2.24, 2.45) is 0 Å². The van der Waals surface area contributed by atoms with Crippen LogP contribution in [0, 0.1) is 5.95 Å². The molecule has 1 aliphatic rings. The monoisotopic (exact) mass is 325 g/mol. The fourth-order valence-corrected chi connectivity index (χ4v) is 2.25. The smallest absolute Gasteiger partial charge is 0.410 e. The summed E-state index contributed by atoms with van der Waals surface area (Å²) in [4.78, 5) is 27.6. The van der Waals surface area contributed by atoms with Crippen LogP contribution < -0.4 is 5.32 Å². The molecule has 0 aliphatic carbocycles. The second kappa shape index (κ2) is 6.39. The first-order valence-corrected chi connectivity index (χ1v) is 7.30. The highest BCUT2D eigenvalue weighted by Crippen LogP contribution is 2.20. The molecule has 1 saturated heterocycles. The Bertz CT molecular complexity index is 615. The topological polar surface area (TPSA) is 91.8 Å². The van der Waals surface area contributed by atoms with Crippen LogP contribution in [-0.2, 0) is 4.74 Å². The van der Waals surface area contributed by atoms with Crippen LogP contribution in [0.3, 0.4) is 0 Å². The van der Waals surface area contributed by atoms with E-state index in [0.717, 1.165) is 0 Å². The standard InChI is InChI=1S/C15H20FN3O4/c1-15(2,3)23-14(22)19-7-6-9(8-19)17-10-4-5-11(13(20)21)18-12(10)16/h4-5,9,17H,6-8H2,1-3H3,(H,20,21)/t9-/m0/s1. The highest BCUT2D eigenvalue weighted by molar-refractivity contribution is 5.85. The van der Waals surface area contributed by atoms with Gasteiger partial charge in [-0.2, -0.15) is 4.39 Å². The average molecular weight is 325 g/mol. The van der Waals surface area contributed by atoms with Crippen LogP contribution in [0.4, 0.5) is 14.9 Å². The van der Waals surface area contributed by atoms with Crippen molar-refractivity contribution in [1.29, 1.82) is 0 Å². The Labute approximate surface area is 133 Å². The molecule has 0 unspecified atom stereocenters. The molecule has 1 aromatic rings. The predicted octanol–water partition coefficient (Wildman–Crippen LogP) is 2.34. The van der Waals surface area contributed by atoms with Crippen molar-refractivity contribution in [3.63, 3.8) is 0 Å². The number of carboxylic acid groups (broad SMARTS) is 1. The normalized spacial score (nSPS) is 17.9. The molecule has 0 saturated carbocycles. The Morgan fingerprint density at radius 1 is 1.43 bits per heavy atom. The van der Waals surface area contributed by atoms with E-state index in [9.17, 15) is 14.0 Å². The van der Waals surface area contributed by atoms with E-state index in [4.69, 9.17) is 9.84 Å². The number of carbonyl (C=O) groups excluding carboxylic acids is 1. The zero-order chi connectivity index (χ0) is 17.2. The third-order valence-electron chi connectivity index (χ3n) is 3.27. The van der Waals surface area contributed by atoms with Gasteiger partial charge in [0.15, 0.2) is 5.69 Å². The molecule has 23 heavy (non-hydrogen) atoms. The molecule has 1 atom stereocenters. The maximum atomic E-state index is 13.8. The van der Waals surface area contributed by atoms with Gasteiger partial charge in [-0.15, -0.1) is 0 Å². The molecule has 0 aromatic carbocycles. The first-order chi connectivity index (χ1) is 10.7. The van der Waals surface area contributed by atoms with Gasteiger partial charge in [0.05, 0.1) is 5.69 Å². The van der Waals surface area contributed by atoms with E-state index in [1.54, 1.807) is 25.7 Å². The second-order valence-electron chi connectivity index (χ2n) is 6.40. The lowest BCUT2D eigenvalue weighted by molar-refractivity contribution is 0.0293. The minimum absolute atomic E-state index is 0.117. The van der Waals surface area contributed by atoms with Crippen molar-refractivity contribution in [3.05, 3.63) is 23.8 Å². The van der Waals surface area contributed by atoms with E-state index >= 15 is 0 Å². The molecular weight excluding hydrogens is 305 g/mol. The number of carboxylic acids is 1. The minimum atomic E-state index is -1.28. The summed E-state index contributed by atoms with van der Waals surface area (Å²) in [5.41, 5.74) is -0.799. The maximum Gasteiger partial charge on any atom is 0.410 e. The Kier molecular flexibility index (Phi) is 4.72. The summed E-state index contributed by atoms with van der Waals surface area (Å²) in [5.74, 6) is -2.16. The third kappa shape index (κ3) is 4.54. The lowest BCUT2D eigenvalue weighted by Crippen LogP contribution is -2.36. The number of amides is 1. The molecule has 1 aliphatic heterocycles. The molecule has 1 amide bonds. The zero-order valence-corrected chi connectivity index (χ0v) is 13.3. The van der Waals surface area contributed by atoms with Gasteiger partial charge in [-0.05, 0) is 39.3 Å². The number of rotatable bonds is 3. The first-order valence-electron chi connectivity index (χ1n) is 7.30. The lowest BCUT2D eigenvalue weighted by atomic mass is 10.2. The van der Waals surface area contributed by atoms with Crippen LogP contribution in [0.1, 0.15) is 37.7 Å². The van der Waals surface area contributed by atoms with Gasteiger partial charge < -0.3 is 20.1 Å². The summed E-state index contributed by atoms with van der Waals surface area (Å²) in [6.07, 6.45) is 0.237. The summed E-state index contributed by atoms with van der Waals surface area (Å²) < 4.78 is 19.1. The first kappa shape index (κ1) is 17.0. The van der Waals surface area contributed by atoms with Crippen molar-refractivity contribution in [2.45, 2.75) is 38.8 Å². The number of nitrogens with one attached hydrogen (secondary N) is 1. The van der Waals surface area contributed by atoms with Gasteiger partial charge in [0.25, 0.3) is 0 Å². The van der Waals surface area contributed by atoms with Crippen molar-refractivity contribution in [2.75, 3.05) is 18.4 Å². The summed E-state index contributed by atoms with van der Waals surface area (Å²) in [6, 6.07) is 2.42. The molecule has 0 spiro atoms. The number of likely N-dealkylation sites (tertiary alicyclic amines) is 1. The molecular formula is C15H20FN3O4. The summed E-state index contributed by atoms with van der Waals surface area (Å²) in [6.45, 7) is 6.27. The molecule has 0 radical (unpaired) electrons. The van der Waals surface area contributed by atoms with Crippen molar-refractivity contribution >= 4 is 17.7 Å². The van der Waals surface area contributed by atoms with Crippen LogP contribution in [0.2, 0.25) is 0 Å². The minimum Gasteiger partial charge on any atom is -0.477 e. The summed E-state index contributed by atoms with van der Waals surface area (Å²) in [5, 5.41) is 11.7. The number of halogens is 1. The number of carbonyl (C=O) groups is 2. The SMILES string of the molecule is CC(C)(C)OC(=O)N1CC[C@H](Nc2ccc(C(=O)O)nc2F)C1. The van der Waals surface area contributed by atoms with Crippen molar-refractivity contribution in [1.82, 2.24) is 9.88 Å². The van der Waals surface area contributed by atoms with Gasteiger partial charge in [0.2, 0.25) is 5.95 Å². The van der Waals surface area contributed by atoms with E-state index in [2.05, 4.69) is 10.3 Å². The summed E-state index contributed by atoms with van der Waals surface area (Å²) in [7, 11) is 0. The molecule has 2 rings (SSSR count). The highest BCUT2D eigenvalue weighted by Gasteiger charge is 2.30. The Morgan fingerprint density at radius 2 is 2.13 bits per heavy atom. The maximum absolute atomic E-state index is 13.8. The van der Waals surface area contributed by atoms with Gasteiger partial charge in [-0.25, -0.2) is 14.6 Å². The van der Waals surface area contributed by atoms with E-state index in [1.807, 2.05) is 0 Å². The number of hydrogen-bond donors (Lipinski definition) is 2. The van der Waals surface area contributed by atoms with Crippen LogP contribution in [0.15, 0.2) is 12.1 Å². The van der Waals surface area contributed by atoms with Gasteiger partial charge >= 0.3 is 12.1 Å². The lowest BCUT2D eigenvalue weighted by Gasteiger charge is -2.24. The molecule has 126 valence electrons. The third-order valence-corrected chi connectivity index (χ3v) is 3.27. The van der Waals surface area contributed by atoms with Gasteiger partial charge in [0.1, 0.15) is 5.60 Å². The van der Waals surface area contributed by atoms with Gasteiger partial charge in [0, 0.05) is 19.1 Å². The largest absolute Gasteiger partial charge is 0.477 e. The summed E-state index contributed by atoms with van der Waals surface area (Å²) >= 11 is 0. The zero-order valence-electron chi connectivity index (χ0n) is 13.3. The highest BCUT2D eigenvalue weighted by atomic mass is 19.1. The van der Waals surface area contributed by atoms with E-state index < -0.39 is 23.6 Å². The average Bonchev–Trinajstić information content (AvgIpc) is 2.87. The molecule has 2 heterocycles. The fourth-order valence-electron chi connectivity index (χ4n) is 2.25. The van der Waals surface area contributed by atoms with Crippen LogP contribution in [-0.4, -0.2) is 51.8 Å². The number of nitrogens with zero attached hydrogens (tertiary/aromatic N) is 2. The predicted molar refractivity (Wildman–Crippen MR) is 81.0 cm³/mol. The number of aromatic nitrogens is 1. The Hall–Kier alpha value is -2.38. The fraction of sp³-hybridized carbons (Fsp3) is 0.533. The Morgan fingerprint density at radius 3 is 2.70 bits per heavy atom. The number of pyridine rings is 1. The van der Waals surface area contributed by atoms with Crippen LogP contribution in [0.5, 0.6) is 0 Å². The molecule has 1 aromatic heterocycles. The molecule has 0 bridgehead atoms. The number of hydrogen-bond acceptors (Lipinski definition) is 5. The van der Waals surface area contributed by atoms with Crippen molar-refractivity contribution in [3.8, 4) is 0 Å².